The molecule has 0 fully saturated rings. The summed E-state index contributed by atoms with van der Waals surface area (Å²) >= 11 is -2.59. The molecule has 29 heavy (non-hydrogen) atoms. The average molecular weight is 505 g/mol. The van der Waals surface area contributed by atoms with Gasteiger partial charge in [0.05, 0.1) is 0 Å². The van der Waals surface area contributed by atoms with Crippen molar-refractivity contribution in [3.05, 3.63) is 52.1 Å². The number of carbonyl (C=O) groups is 1. The third-order valence-electron chi connectivity index (χ3n) is 5.69. The Labute approximate surface area is 183 Å². The fraction of sp³-hybridized carbons (Fsp3) is 0.577. The van der Waals surface area contributed by atoms with Crippen LogP contribution in [0.15, 0.2) is 46.6 Å². The molecule has 0 bridgehead atoms. The number of allylic oxidation sites excluding steroid dienone is 1. The van der Waals surface area contributed by atoms with Gasteiger partial charge in [0.1, 0.15) is 0 Å². The van der Waals surface area contributed by atoms with Crippen LogP contribution < -0.4 is 0 Å². The van der Waals surface area contributed by atoms with E-state index in [9.17, 15) is 4.79 Å². The molecule has 0 aliphatic heterocycles. The average Bonchev–Trinajstić information content (AvgIpc) is 2.74. The van der Waals surface area contributed by atoms with Crippen LogP contribution in [0, 0.1) is 0 Å². The van der Waals surface area contributed by atoms with E-state index in [1.165, 1.54) is 51.8 Å². The third kappa shape index (κ3) is 9.55. The monoisotopic (exact) mass is 506 g/mol. The molecule has 1 aromatic carbocycles. The fourth-order valence-electron chi connectivity index (χ4n) is 3.96. The normalized spacial score (nSPS) is 12.1. The summed E-state index contributed by atoms with van der Waals surface area (Å²) < 4.78 is 12.0. The summed E-state index contributed by atoms with van der Waals surface area (Å²) in [6.45, 7) is 13.5. The van der Waals surface area contributed by atoms with Crippen LogP contribution in [0.25, 0.3) is 5.57 Å². The number of ether oxygens (including phenoxy) is 1. The number of rotatable bonds is 15. The predicted molar refractivity (Wildman–Crippen MR) is 130 cm³/mol. The molecule has 0 aliphatic rings. The molecular weight excluding hydrogens is 463 g/mol. The molecule has 0 aliphatic carbocycles. The number of benzene rings is 1. The van der Waals surface area contributed by atoms with E-state index in [4.69, 9.17) is 4.74 Å². The van der Waals surface area contributed by atoms with Crippen LogP contribution in [-0.4, -0.2) is 31.0 Å². The second-order valence-electron chi connectivity index (χ2n) is 8.21. The van der Waals surface area contributed by atoms with E-state index in [2.05, 4.69) is 43.6 Å². The number of hydrogen-bond donors (Lipinski definition) is 0. The number of hydrogen-bond acceptors (Lipinski definition) is 2. The molecule has 0 radical (unpaired) electrons. The van der Waals surface area contributed by atoms with Gasteiger partial charge in [-0.05, 0) is 0 Å². The van der Waals surface area contributed by atoms with Gasteiger partial charge in [-0.25, -0.2) is 0 Å². The maximum atomic E-state index is 12.9. The summed E-state index contributed by atoms with van der Waals surface area (Å²) in [7, 11) is 0. The quantitative estimate of drug-likeness (QED) is 0.137. The molecule has 0 heterocycles. The molecule has 0 saturated carbocycles. The first kappa shape index (κ1) is 26.0. The van der Waals surface area contributed by atoms with Crippen molar-refractivity contribution in [2.45, 2.75) is 86.0 Å². The van der Waals surface area contributed by atoms with Gasteiger partial charge in [-0.2, -0.15) is 0 Å². The third-order valence-corrected chi connectivity index (χ3v) is 20.0. The van der Waals surface area contributed by atoms with Crippen LogP contribution in [0.5, 0.6) is 0 Å². The molecular formula is C26H42O2Sn. The van der Waals surface area contributed by atoms with Crippen molar-refractivity contribution in [3.8, 4) is 0 Å². The molecule has 3 heteroatoms. The minimum atomic E-state index is -2.59. The SMILES string of the molecule is C=C(C/C(=[CH]/[Sn]([CH2]CCC)([CH2]CCC)[CH2]CCC)C(=O)OCC)c1ccccc1. The second-order valence-corrected chi connectivity index (χ2v) is 21.1. The molecule has 0 N–H and O–H groups in total. The van der Waals surface area contributed by atoms with Crippen molar-refractivity contribution in [1.29, 1.82) is 0 Å². The van der Waals surface area contributed by atoms with Gasteiger partial charge in [0.2, 0.25) is 0 Å². The molecule has 0 spiro atoms. The Kier molecular flexibility index (Phi) is 13.3. The Morgan fingerprint density at radius 3 is 1.90 bits per heavy atom. The van der Waals surface area contributed by atoms with Gasteiger partial charge in [-0.1, -0.05) is 0 Å². The zero-order chi connectivity index (χ0) is 21.5. The Hall–Kier alpha value is -1.03. The van der Waals surface area contributed by atoms with E-state index in [-0.39, 0.29) is 5.97 Å². The molecule has 162 valence electrons. The van der Waals surface area contributed by atoms with Crippen LogP contribution in [0.1, 0.15) is 78.2 Å². The molecule has 0 atom stereocenters. The first-order valence-electron chi connectivity index (χ1n) is 11.6. The Morgan fingerprint density at radius 2 is 1.45 bits per heavy atom. The van der Waals surface area contributed by atoms with Gasteiger partial charge in [-0.15, -0.1) is 0 Å². The van der Waals surface area contributed by atoms with E-state index >= 15 is 0 Å². The number of unbranched alkanes of at least 4 members (excludes halogenated alkanes) is 3. The van der Waals surface area contributed by atoms with Gasteiger partial charge in [0, 0.05) is 0 Å². The van der Waals surface area contributed by atoms with E-state index in [0.717, 1.165) is 16.7 Å². The van der Waals surface area contributed by atoms with E-state index in [1.54, 1.807) is 0 Å². The summed E-state index contributed by atoms with van der Waals surface area (Å²) in [6.07, 6.45) is 8.16. The van der Waals surface area contributed by atoms with Crippen LogP contribution in [0.4, 0.5) is 0 Å². The Bertz CT molecular complexity index is 612. The zero-order valence-corrected chi connectivity index (χ0v) is 22.1. The van der Waals surface area contributed by atoms with Crippen molar-refractivity contribution >= 4 is 29.9 Å². The van der Waals surface area contributed by atoms with Gasteiger partial charge in [0.25, 0.3) is 0 Å². The van der Waals surface area contributed by atoms with Crippen molar-refractivity contribution < 1.29 is 9.53 Å². The van der Waals surface area contributed by atoms with Gasteiger partial charge < -0.3 is 0 Å². The van der Waals surface area contributed by atoms with Gasteiger partial charge in [0.15, 0.2) is 0 Å². The number of esters is 1. The topological polar surface area (TPSA) is 26.3 Å². The van der Waals surface area contributed by atoms with E-state index in [0.29, 0.717) is 13.0 Å². The summed E-state index contributed by atoms with van der Waals surface area (Å²) in [5, 5.41) is 0. The van der Waals surface area contributed by atoms with Crippen molar-refractivity contribution in [3.63, 3.8) is 0 Å². The standard InChI is InChI=1S/C14H15O2.3C4H9.Sn/c1-4-16-14(15)12(3)10-11(2)13-8-6-5-7-9-13;3*1-3-4-2;/h3,5-9H,2,4,10H2,1H3;3*1,3-4H2,2H3;. The molecule has 0 aromatic heterocycles. The van der Waals surface area contributed by atoms with Gasteiger partial charge in [-0.3, -0.25) is 0 Å². The van der Waals surface area contributed by atoms with Crippen LogP contribution in [-0.2, 0) is 9.53 Å². The molecule has 0 saturated heterocycles. The predicted octanol–water partition coefficient (Wildman–Crippen LogP) is 7.97. The van der Waals surface area contributed by atoms with E-state index in [1.807, 2.05) is 25.1 Å². The van der Waals surface area contributed by atoms with Crippen LogP contribution >= 0.6 is 0 Å². The molecule has 2 nitrogen and oxygen atoms in total. The first-order chi connectivity index (χ1) is 14.0. The first-order valence-corrected chi connectivity index (χ1v) is 19.3. The van der Waals surface area contributed by atoms with Crippen LogP contribution in [0.3, 0.4) is 0 Å². The summed E-state index contributed by atoms with van der Waals surface area (Å²) in [4.78, 5) is 12.9. The molecule has 1 rings (SSSR count). The Balaban J connectivity index is 3.27. The summed E-state index contributed by atoms with van der Waals surface area (Å²) in [6, 6.07) is 10.2. The summed E-state index contributed by atoms with van der Waals surface area (Å²) in [5.41, 5.74) is 2.99. The zero-order valence-electron chi connectivity index (χ0n) is 19.3. The van der Waals surface area contributed by atoms with Crippen molar-refractivity contribution in [2.24, 2.45) is 0 Å². The van der Waals surface area contributed by atoms with Crippen LogP contribution in [0.2, 0.25) is 13.3 Å². The van der Waals surface area contributed by atoms with Crippen molar-refractivity contribution in [1.82, 2.24) is 0 Å². The molecule has 0 amide bonds. The Morgan fingerprint density at radius 1 is 0.931 bits per heavy atom. The van der Waals surface area contributed by atoms with E-state index < -0.39 is 18.4 Å². The maximum absolute atomic E-state index is 12.9. The molecule has 1 aromatic rings. The van der Waals surface area contributed by atoms with Crippen molar-refractivity contribution in [2.75, 3.05) is 6.61 Å². The van der Waals surface area contributed by atoms with Gasteiger partial charge >= 0.3 is 184 Å². The molecule has 0 unspecified atom stereocenters. The summed E-state index contributed by atoms with van der Waals surface area (Å²) in [5.74, 6) is -0.129. The number of carbonyl (C=O) groups excluding carboxylic acids is 1. The fourth-order valence-corrected chi connectivity index (χ4v) is 19.1. The minimum absolute atomic E-state index is 0.129. The second kappa shape index (κ2) is 14.9.